The van der Waals surface area contributed by atoms with Gasteiger partial charge in [0, 0.05) is 5.82 Å². The van der Waals surface area contributed by atoms with Crippen molar-refractivity contribution in [2.75, 3.05) is 19.8 Å². The summed E-state index contributed by atoms with van der Waals surface area (Å²) in [5.41, 5.74) is 5.97. The molecule has 0 radical (unpaired) electrons. The van der Waals surface area contributed by atoms with Crippen molar-refractivity contribution in [2.45, 2.75) is 56.6 Å². The maximum Gasteiger partial charge on any atom is 0.461 e. The largest absolute Gasteiger partial charge is 0.461 e. The number of hydrogen-bond acceptors (Lipinski definition) is 11. The molecule has 7 N–H and O–H groups in total. The zero-order chi connectivity index (χ0) is 27.3. The van der Waals surface area contributed by atoms with Gasteiger partial charge in [-0.3, -0.25) is 9.59 Å². The van der Waals surface area contributed by atoms with Gasteiger partial charge in [-0.15, -0.1) is 0 Å². The van der Waals surface area contributed by atoms with Crippen molar-refractivity contribution in [3.63, 3.8) is 0 Å². The number of oxime groups is 1. The van der Waals surface area contributed by atoms with Gasteiger partial charge in [0.25, 0.3) is 11.8 Å². The van der Waals surface area contributed by atoms with E-state index in [0.29, 0.717) is 12.1 Å². The molecule has 6 unspecified atom stereocenters. The van der Waals surface area contributed by atoms with Crippen LogP contribution in [-0.2, 0) is 18.9 Å². The molecule has 7 atom stereocenters. The molecule has 3 heterocycles. The molecule has 0 aromatic carbocycles. The molecule has 15 heteroatoms. The van der Waals surface area contributed by atoms with Gasteiger partial charge in [-0.1, -0.05) is 36.7 Å². The molecular formula is C22H32BClN4O9. The summed E-state index contributed by atoms with van der Waals surface area (Å²) in [5.74, 6) is -2.70. The molecule has 13 nitrogen and oxygen atoms in total. The molecule has 0 bridgehead atoms. The third-order valence-corrected chi connectivity index (χ3v) is 6.46. The fourth-order valence-electron chi connectivity index (χ4n) is 4.57. The van der Waals surface area contributed by atoms with Gasteiger partial charge in [0.1, 0.15) is 23.1 Å². The third kappa shape index (κ3) is 6.96. The summed E-state index contributed by atoms with van der Waals surface area (Å²) >= 11 is 5.86. The highest BCUT2D eigenvalue weighted by Gasteiger charge is 2.55. The molecule has 1 aromatic heterocycles. The Morgan fingerprint density at radius 3 is 2.30 bits per heavy atom. The molecule has 37 heavy (non-hydrogen) atoms. The molecular weight excluding hydrogens is 511 g/mol. The number of carbonyl (C=O) groups excluding carboxylic acids is 2. The molecule has 2 amide bonds. The standard InChI is InChI=1S/C22H32BClN4O9/c1-10(2)6-11(23-35-18(14(31)8-29)19(36-23)15(32)9-30)17-13(28-37-20(17)21(25)33)7-26-22(34)12-4-3-5-16(24)27-12/h3-5,10-11,14-15,17-20,29-32H,6-9H2,1-2H3,(H2,25,33)(H,26,34)/t11-,14?,15?,17?,18?,19?,20?/m1/s1. The fourth-order valence-corrected chi connectivity index (χ4v) is 4.73. The van der Waals surface area contributed by atoms with Crippen LogP contribution in [0.25, 0.3) is 0 Å². The number of aliphatic hydroxyl groups excluding tert-OH is 4. The second-order valence-electron chi connectivity index (χ2n) is 9.43. The first-order chi connectivity index (χ1) is 17.6. The molecule has 2 aliphatic heterocycles. The lowest BCUT2D eigenvalue weighted by molar-refractivity contribution is -0.129. The number of amides is 2. The lowest BCUT2D eigenvalue weighted by Crippen LogP contribution is -2.46. The molecule has 3 rings (SSSR count). The van der Waals surface area contributed by atoms with Gasteiger partial charge in [-0.25, -0.2) is 4.98 Å². The van der Waals surface area contributed by atoms with E-state index in [4.69, 9.17) is 31.5 Å². The van der Waals surface area contributed by atoms with Crippen molar-refractivity contribution >= 4 is 36.2 Å². The summed E-state index contributed by atoms with van der Waals surface area (Å²) in [6.45, 7) is 2.41. The Hall–Kier alpha value is -2.33. The Morgan fingerprint density at radius 2 is 1.78 bits per heavy atom. The minimum Gasteiger partial charge on any atom is -0.403 e. The highest BCUT2D eigenvalue weighted by atomic mass is 35.5. The van der Waals surface area contributed by atoms with Crippen molar-refractivity contribution in [2.24, 2.45) is 22.7 Å². The SMILES string of the molecule is CC(C)C[C@@H](B1OC(C(O)CO)C(C(O)CO)O1)C1C(CNC(=O)c2cccc(Cl)n2)=NOC1C(N)=O. The van der Waals surface area contributed by atoms with Gasteiger partial charge in [0.15, 0.2) is 0 Å². The van der Waals surface area contributed by atoms with Crippen LogP contribution in [0.5, 0.6) is 0 Å². The lowest BCUT2D eigenvalue weighted by Gasteiger charge is -2.29. The summed E-state index contributed by atoms with van der Waals surface area (Å²) in [6, 6.07) is 4.59. The Kier molecular flexibility index (Phi) is 10.2. The Balaban J connectivity index is 1.86. The van der Waals surface area contributed by atoms with Gasteiger partial charge >= 0.3 is 7.12 Å². The van der Waals surface area contributed by atoms with E-state index >= 15 is 0 Å². The number of nitrogens with zero attached hydrogens (tertiary/aromatic N) is 2. The summed E-state index contributed by atoms with van der Waals surface area (Å²) in [4.78, 5) is 34.2. The quantitative estimate of drug-likeness (QED) is 0.136. The van der Waals surface area contributed by atoms with Gasteiger partial charge in [-0.2, -0.15) is 0 Å². The molecule has 1 saturated heterocycles. The van der Waals surface area contributed by atoms with Crippen molar-refractivity contribution in [1.29, 1.82) is 0 Å². The zero-order valence-electron chi connectivity index (χ0n) is 20.4. The average molecular weight is 543 g/mol. The third-order valence-electron chi connectivity index (χ3n) is 6.25. The Morgan fingerprint density at radius 1 is 1.16 bits per heavy atom. The minimum atomic E-state index is -1.40. The number of nitrogens with one attached hydrogen (secondary N) is 1. The first-order valence-corrected chi connectivity index (χ1v) is 12.3. The van der Waals surface area contributed by atoms with Crippen molar-refractivity contribution < 1.29 is 44.2 Å². The maximum atomic E-state index is 12.6. The molecule has 0 aliphatic carbocycles. The molecule has 2 aliphatic rings. The first-order valence-electron chi connectivity index (χ1n) is 11.9. The number of hydrogen-bond donors (Lipinski definition) is 6. The Bertz CT molecular complexity index is 969. The number of nitrogens with two attached hydrogens (primary N) is 1. The molecule has 0 saturated carbocycles. The van der Waals surface area contributed by atoms with Crippen LogP contribution in [0.3, 0.4) is 0 Å². The highest BCUT2D eigenvalue weighted by Crippen LogP contribution is 2.41. The number of aliphatic hydroxyl groups is 4. The van der Waals surface area contributed by atoms with Crippen molar-refractivity contribution in [3.05, 3.63) is 29.0 Å². The molecule has 0 spiro atoms. The summed E-state index contributed by atoms with van der Waals surface area (Å²) in [6.07, 6.45) is -5.91. The van der Waals surface area contributed by atoms with E-state index < -0.39 is 74.4 Å². The molecule has 1 aromatic rings. The van der Waals surface area contributed by atoms with E-state index in [2.05, 4.69) is 15.5 Å². The number of primary amides is 1. The van der Waals surface area contributed by atoms with Gasteiger partial charge < -0.3 is 45.6 Å². The van der Waals surface area contributed by atoms with Crippen LogP contribution in [0.4, 0.5) is 0 Å². The predicted octanol–water partition coefficient (Wildman–Crippen LogP) is -1.28. The fraction of sp³-hybridized carbons (Fsp3) is 0.636. The van der Waals surface area contributed by atoms with E-state index in [0.717, 1.165) is 0 Å². The van der Waals surface area contributed by atoms with E-state index in [9.17, 15) is 30.0 Å². The number of rotatable bonds is 12. The van der Waals surface area contributed by atoms with Crippen molar-refractivity contribution in [1.82, 2.24) is 10.3 Å². The van der Waals surface area contributed by atoms with Crippen LogP contribution in [0, 0.1) is 11.8 Å². The average Bonchev–Trinajstić information content (AvgIpc) is 3.50. The number of halogens is 1. The van der Waals surface area contributed by atoms with E-state index in [-0.39, 0.29) is 23.3 Å². The number of carbonyl (C=O) groups is 2. The van der Waals surface area contributed by atoms with Crippen LogP contribution in [0.15, 0.2) is 23.4 Å². The predicted molar refractivity (Wildman–Crippen MR) is 131 cm³/mol. The van der Waals surface area contributed by atoms with E-state index in [1.54, 1.807) is 6.07 Å². The van der Waals surface area contributed by atoms with Crippen LogP contribution in [-0.4, -0.2) is 100 Å². The van der Waals surface area contributed by atoms with E-state index in [1.807, 2.05) is 13.8 Å². The number of aromatic nitrogens is 1. The smallest absolute Gasteiger partial charge is 0.403 e. The zero-order valence-corrected chi connectivity index (χ0v) is 21.2. The highest BCUT2D eigenvalue weighted by molar-refractivity contribution is 6.48. The topological polar surface area (TPSA) is 206 Å². The lowest BCUT2D eigenvalue weighted by atomic mass is 9.59. The first kappa shape index (κ1) is 29.2. The molecule has 1 fully saturated rings. The second-order valence-corrected chi connectivity index (χ2v) is 9.82. The monoisotopic (exact) mass is 542 g/mol. The normalized spacial score (nSPS) is 25.9. The maximum absolute atomic E-state index is 12.6. The van der Waals surface area contributed by atoms with Gasteiger partial charge in [0.2, 0.25) is 6.10 Å². The van der Waals surface area contributed by atoms with Gasteiger partial charge in [0.05, 0.1) is 43.6 Å². The van der Waals surface area contributed by atoms with Crippen LogP contribution < -0.4 is 11.1 Å². The van der Waals surface area contributed by atoms with E-state index in [1.165, 1.54) is 12.1 Å². The Labute approximate surface area is 219 Å². The number of pyridine rings is 1. The van der Waals surface area contributed by atoms with Crippen LogP contribution in [0.1, 0.15) is 30.8 Å². The van der Waals surface area contributed by atoms with Crippen LogP contribution >= 0.6 is 11.6 Å². The summed E-state index contributed by atoms with van der Waals surface area (Å²) in [7, 11) is -1.09. The van der Waals surface area contributed by atoms with Gasteiger partial charge in [-0.05, 0) is 24.5 Å². The van der Waals surface area contributed by atoms with Crippen molar-refractivity contribution in [3.8, 4) is 0 Å². The second kappa shape index (κ2) is 13.0. The minimum absolute atomic E-state index is 0.0564. The van der Waals surface area contributed by atoms with Crippen LogP contribution in [0.2, 0.25) is 11.0 Å². The molecule has 204 valence electrons. The summed E-state index contributed by atoms with van der Waals surface area (Å²) in [5, 5.41) is 46.2. The summed E-state index contributed by atoms with van der Waals surface area (Å²) < 4.78 is 11.9.